The Labute approximate surface area is 83.0 Å². The minimum absolute atomic E-state index is 0.0809. The summed E-state index contributed by atoms with van der Waals surface area (Å²) in [4.78, 5) is 4.13. The van der Waals surface area contributed by atoms with Gasteiger partial charge in [-0.25, -0.2) is 4.39 Å². The van der Waals surface area contributed by atoms with Crippen molar-refractivity contribution in [1.82, 2.24) is 0 Å². The van der Waals surface area contributed by atoms with Gasteiger partial charge in [0.25, 0.3) is 0 Å². The summed E-state index contributed by atoms with van der Waals surface area (Å²) in [6, 6.07) is 6.63. The molecule has 1 aliphatic rings. The minimum Gasteiger partial charge on any atom is -0.268 e. The van der Waals surface area contributed by atoms with Gasteiger partial charge in [-0.3, -0.25) is 4.99 Å². The molecule has 0 fully saturated rings. The average molecular weight is 189 g/mol. The zero-order valence-electron chi connectivity index (χ0n) is 8.07. The molecule has 0 saturated heterocycles. The van der Waals surface area contributed by atoms with Crippen LogP contribution in [0.25, 0.3) is 0 Å². The van der Waals surface area contributed by atoms with E-state index in [-0.39, 0.29) is 11.2 Å². The summed E-state index contributed by atoms with van der Waals surface area (Å²) < 4.78 is 12.7. The highest BCUT2D eigenvalue weighted by molar-refractivity contribution is 5.74. The van der Waals surface area contributed by atoms with Crippen molar-refractivity contribution in [2.24, 2.45) is 4.99 Å². The summed E-state index contributed by atoms with van der Waals surface area (Å²) in [7, 11) is 0. The van der Waals surface area contributed by atoms with Crippen LogP contribution >= 0.6 is 0 Å². The number of benzene rings is 1. The molecular weight excluding hydrogens is 177 g/mol. The molecule has 1 heterocycles. The molecule has 0 N–H and O–H groups in total. The first-order valence-electron chi connectivity index (χ1n) is 4.66. The SMILES string of the molecule is CC1(c2ccc(F)cc2)C=NC=CC1. The van der Waals surface area contributed by atoms with Gasteiger partial charge in [-0.05, 0) is 24.1 Å². The molecule has 2 rings (SSSR count). The maximum absolute atomic E-state index is 12.7. The van der Waals surface area contributed by atoms with E-state index in [2.05, 4.69) is 11.9 Å². The molecule has 0 radical (unpaired) electrons. The van der Waals surface area contributed by atoms with E-state index in [1.54, 1.807) is 6.20 Å². The first-order chi connectivity index (χ1) is 6.71. The second-order valence-corrected chi connectivity index (χ2v) is 3.79. The van der Waals surface area contributed by atoms with Crippen molar-refractivity contribution in [1.29, 1.82) is 0 Å². The second-order valence-electron chi connectivity index (χ2n) is 3.79. The third kappa shape index (κ3) is 1.60. The highest BCUT2D eigenvalue weighted by Gasteiger charge is 2.24. The lowest BCUT2D eigenvalue weighted by molar-refractivity contribution is 0.618. The number of halogens is 1. The summed E-state index contributed by atoms with van der Waals surface area (Å²) in [5.74, 6) is -0.194. The Morgan fingerprint density at radius 2 is 2.00 bits per heavy atom. The minimum atomic E-state index is -0.194. The number of allylic oxidation sites excluding steroid dienone is 1. The van der Waals surface area contributed by atoms with Crippen LogP contribution in [0.3, 0.4) is 0 Å². The monoisotopic (exact) mass is 189 g/mol. The van der Waals surface area contributed by atoms with Crippen LogP contribution in [0.2, 0.25) is 0 Å². The van der Waals surface area contributed by atoms with Crippen LogP contribution in [0.4, 0.5) is 4.39 Å². The molecule has 0 bridgehead atoms. The van der Waals surface area contributed by atoms with E-state index in [9.17, 15) is 4.39 Å². The summed E-state index contributed by atoms with van der Waals surface area (Å²) in [6.45, 7) is 2.10. The van der Waals surface area contributed by atoms with E-state index in [0.717, 1.165) is 12.0 Å². The van der Waals surface area contributed by atoms with E-state index in [0.29, 0.717) is 0 Å². The Hall–Kier alpha value is -1.44. The Balaban J connectivity index is 2.34. The standard InChI is InChI=1S/C12H12FN/c1-12(7-2-8-14-9-12)10-3-5-11(13)6-4-10/h2-6,8-9H,7H2,1H3. The third-order valence-electron chi connectivity index (χ3n) is 2.60. The van der Waals surface area contributed by atoms with Crippen molar-refractivity contribution >= 4 is 6.21 Å². The zero-order chi connectivity index (χ0) is 10.0. The van der Waals surface area contributed by atoms with Crippen molar-refractivity contribution in [2.75, 3.05) is 0 Å². The van der Waals surface area contributed by atoms with Crippen molar-refractivity contribution in [3.63, 3.8) is 0 Å². The number of aliphatic imine (C=N–C) groups is 1. The number of hydrogen-bond acceptors (Lipinski definition) is 1. The number of nitrogens with zero attached hydrogens (tertiary/aromatic N) is 1. The molecule has 1 aliphatic heterocycles. The molecule has 0 aromatic heterocycles. The van der Waals surface area contributed by atoms with Crippen molar-refractivity contribution < 1.29 is 4.39 Å². The number of hydrogen-bond donors (Lipinski definition) is 0. The first-order valence-corrected chi connectivity index (χ1v) is 4.66. The Morgan fingerprint density at radius 1 is 1.29 bits per heavy atom. The molecule has 0 aliphatic carbocycles. The van der Waals surface area contributed by atoms with E-state index < -0.39 is 0 Å². The predicted molar refractivity (Wildman–Crippen MR) is 56.0 cm³/mol. The molecule has 0 amide bonds. The average Bonchev–Trinajstić information content (AvgIpc) is 2.19. The van der Waals surface area contributed by atoms with Crippen molar-refractivity contribution in [3.05, 3.63) is 47.9 Å². The largest absolute Gasteiger partial charge is 0.268 e. The zero-order valence-corrected chi connectivity index (χ0v) is 8.07. The van der Waals surface area contributed by atoms with Gasteiger partial charge >= 0.3 is 0 Å². The van der Waals surface area contributed by atoms with Crippen LogP contribution < -0.4 is 0 Å². The predicted octanol–water partition coefficient (Wildman–Crippen LogP) is 3.07. The van der Waals surface area contributed by atoms with Gasteiger partial charge in [0, 0.05) is 17.8 Å². The summed E-state index contributed by atoms with van der Waals surface area (Å²) in [5, 5.41) is 0. The van der Waals surface area contributed by atoms with Gasteiger partial charge < -0.3 is 0 Å². The van der Waals surface area contributed by atoms with Crippen LogP contribution in [0.15, 0.2) is 41.5 Å². The molecule has 1 nitrogen and oxygen atoms in total. The Morgan fingerprint density at radius 3 is 2.57 bits per heavy atom. The third-order valence-corrected chi connectivity index (χ3v) is 2.60. The van der Waals surface area contributed by atoms with Crippen LogP contribution in [0.1, 0.15) is 18.9 Å². The topological polar surface area (TPSA) is 12.4 Å². The van der Waals surface area contributed by atoms with Gasteiger partial charge in [-0.2, -0.15) is 0 Å². The fourth-order valence-electron chi connectivity index (χ4n) is 1.64. The molecule has 14 heavy (non-hydrogen) atoms. The maximum Gasteiger partial charge on any atom is 0.123 e. The fourth-order valence-corrected chi connectivity index (χ4v) is 1.64. The van der Waals surface area contributed by atoms with E-state index >= 15 is 0 Å². The maximum atomic E-state index is 12.7. The van der Waals surface area contributed by atoms with Crippen LogP contribution in [0, 0.1) is 5.82 Å². The quantitative estimate of drug-likeness (QED) is 0.643. The van der Waals surface area contributed by atoms with Gasteiger partial charge in [0.2, 0.25) is 0 Å². The highest BCUT2D eigenvalue weighted by atomic mass is 19.1. The van der Waals surface area contributed by atoms with Crippen LogP contribution in [0.5, 0.6) is 0 Å². The smallest absolute Gasteiger partial charge is 0.123 e. The van der Waals surface area contributed by atoms with Gasteiger partial charge in [0.15, 0.2) is 0 Å². The molecular formula is C12H12FN. The lowest BCUT2D eigenvalue weighted by Crippen LogP contribution is -2.24. The molecule has 1 atom stereocenters. The van der Waals surface area contributed by atoms with E-state index in [1.165, 1.54) is 12.1 Å². The van der Waals surface area contributed by atoms with Crippen LogP contribution in [-0.2, 0) is 5.41 Å². The number of rotatable bonds is 1. The molecule has 72 valence electrons. The lowest BCUT2D eigenvalue weighted by atomic mass is 9.80. The van der Waals surface area contributed by atoms with Gasteiger partial charge in [-0.15, -0.1) is 0 Å². The van der Waals surface area contributed by atoms with E-state index in [4.69, 9.17) is 0 Å². The van der Waals surface area contributed by atoms with E-state index in [1.807, 2.05) is 24.4 Å². The van der Waals surface area contributed by atoms with Crippen LogP contribution in [-0.4, -0.2) is 6.21 Å². The van der Waals surface area contributed by atoms with Crippen molar-refractivity contribution in [2.45, 2.75) is 18.8 Å². The first kappa shape index (κ1) is 9.13. The van der Waals surface area contributed by atoms with Gasteiger partial charge in [0.1, 0.15) is 5.82 Å². The summed E-state index contributed by atoms with van der Waals surface area (Å²) in [6.07, 6.45) is 6.66. The highest BCUT2D eigenvalue weighted by Crippen LogP contribution is 2.28. The lowest BCUT2D eigenvalue weighted by Gasteiger charge is -2.25. The normalized spacial score (nSPS) is 25.3. The summed E-state index contributed by atoms with van der Waals surface area (Å²) in [5.41, 5.74) is 1.02. The molecule has 0 saturated carbocycles. The molecule has 2 heteroatoms. The molecule has 1 aromatic rings. The molecule has 1 aromatic carbocycles. The van der Waals surface area contributed by atoms with Gasteiger partial charge in [0.05, 0.1) is 0 Å². The molecule has 1 unspecified atom stereocenters. The second kappa shape index (κ2) is 3.37. The Bertz CT molecular complexity index is 378. The van der Waals surface area contributed by atoms with Gasteiger partial charge in [-0.1, -0.05) is 25.1 Å². The van der Waals surface area contributed by atoms with Crippen molar-refractivity contribution in [3.8, 4) is 0 Å². The fraction of sp³-hybridized carbons (Fsp3) is 0.250. The molecule has 0 spiro atoms. The Kier molecular flexibility index (Phi) is 2.20. The summed E-state index contributed by atoms with van der Waals surface area (Å²) >= 11 is 0.